The molecule has 0 unspecified atom stereocenters. The fourth-order valence-corrected chi connectivity index (χ4v) is 5.11. The van der Waals surface area contributed by atoms with Gasteiger partial charge in [-0.05, 0) is 50.3 Å². The van der Waals surface area contributed by atoms with Crippen LogP contribution in [0.2, 0.25) is 0 Å². The van der Waals surface area contributed by atoms with E-state index in [2.05, 4.69) is 22.1 Å². The Morgan fingerprint density at radius 3 is 2.52 bits per heavy atom. The molecule has 0 bridgehead atoms. The molecule has 1 N–H and O–H groups in total. The minimum absolute atomic E-state index is 0.163. The molecule has 2 aromatic heterocycles. The molecule has 0 saturated carbocycles. The molecular formula is C23H28N4O3S. The van der Waals surface area contributed by atoms with E-state index in [1.165, 1.54) is 11.3 Å². The molecular weight excluding hydrogens is 412 g/mol. The van der Waals surface area contributed by atoms with Crippen LogP contribution in [0.25, 0.3) is 10.2 Å². The maximum absolute atomic E-state index is 13.1. The molecule has 0 aliphatic carbocycles. The van der Waals surface area contributed by atoms with E-state index in [1.54, 1.807) is 32.4 Å². The summed E-state index contributed by atoms with van der Waals surface area (Å²) in [7, 11) is 3.16. The Balaban J connectivity index is 1.68. The summed E-state index contributed by atoms with van der Waals surface area (Å²) in [6.45, 7) is 8.15. The Morgan fingerprint density at radius 2 is 1.84 bits per heavy atom. The van der Waals surface area contributed by atoms with E-state index in [-0.39, 0.29) is 5.91 Å². The van der Waals surface area contributed by atoms with E-state index in [9.17, 15) is 4.79 Å². The first kappa shape index (κ1) is 21.4. The molecule has 31 heavy (non-hydrogen) atoms. The molecule has 0 radical (unpaired) electrons. The predicted octanol–water partition coefficient (Wildman–Crippen LogP) is 4.81. The average molecular weight is 441 g/mol. The summed E-state index contributed by atoms with van der Waals surface area (Å²) in [5.74, 6) is 3.44. The number of rotatable bonds is 5. The molecule has 7 nitrogen and oxygen atoms in total. The highest BCUT2D eigenvalue weighted by Gasteiger charge is 2.25. The maximum Gasteiger partial charge on any atom is 0.266 e. The molecule has 1 amide bonds. The Labute approximate surface area is 186 Å². The fraction of sp³-hybridized carbons (Fsp3) is 0.435. The van der Waals surface area contributed by atoms with Crippen LogP contribution in [0.1, 0.15) is 40.8 Å². The number of carbonyl (C=O) groups excluding carboxylic acids is 1. The van der Waals surface area contributed by atoms with Crippen LogP contribution in [0.4, 0.5) is 11.5 Å². The summed E-state index contributed by atoms with van der Waals surface area (Å²) in [4.78, 5) is 26.4. The van der Waals surface area contributed by atoms with Gasteiger partial charge in [-0.3, -0.25) is 4.79 Å². The lowest BCUT2D eigenvalue weighted by Crippen LogP contribution is -2.33. The monoisotopic (exact) mass is 440 g/mol. The number of hydrogen-bond donors (Lipinski definition) is 1. The highest BCUT2D eigenvalue weighted by atomic mass is 32.1. The van der Waals surface area contributed by atoms with Crippen molar-refractivity contribution < 1.29 is 14.3 Å². The van der Waals surface area contributed by atoms with Crippen LogP contribution < -0.4 is 19.7 Å². The smallest absolute Gasteiger partial charge is 0.266 e. The number of methoxy groups -OCH3 is 2. The number of nitrogens with zero attached hydrogens (tertiary/aromatic N) is 3. The van der Waals surface area contributed by atoms with Gasteiger partial charge in [-0.25, -0.2) is 9.97 Å². The predicted molar refractivity (Wildman–Crippen MR) is 125 cm³/mol. The molecule has 0 atom stereocenters. The van der Waals surface area contributed by atoms with Gasteiger partial charge in [0.25, 0.3) is 5.91 Å². The number of nitrogens with one attached hydrogen (secondary N) is 1. The first-order chi connectivity index (χ1) is 14.9. The summed E-state index contributed by atoms with van der Waals surface area (Å²) in [6, 6.07) is 5.33. The van der Waals surface area contributed by atoms with Crippen LogP contribution in [0.15, 0.2) is 18.2 Å². The largest absolute Gasteiger partial charge is 0.493 e. The molecule has 1 aliphatic heterocycles. The average Bonchev–Trinajstić information content (AvgIpc) is 3.09. The van der Waals surface area contributed by atoms with Gasteiger partial charge in [0.2, 0.25) is 0 Å². The second-order valence-corrected chi connectivity index (χ2v) is 9.02. The van der Waals surface area contributed by atoms with Crippen LogP contribution in [-0.4, -0.2) is 43.2 Å². The fourth-order valence-electron chi connectivity index (χ4n) is 3.99. The van der Waals surface area contributed by atoms with E-state index in [0.717, 1.165) is 59.3 Å². The van der Waals surface area contributed by atoms with Crippen molar-refractivity contribution in [2.75, 3.05) is 37.5 Å². The topological polar surface area (TPSA) is 76.6 Å². The number of aromatic nitrogens is 2. The summed E-state index contributed by atoms with van der Waals surface area (Å²) in [6.07, 6.45) is 2.31. The number of aryl methyl sites for hydroxylation is 2. The quantitative estimate of drug-likeness (QED) is 0.613. The highest BCUT2D eigenvalue weighted by Crippen LogP contribution is 2.37. The van der Waals surface area contributed by atoms with E-state index >= 15 is 0 Å². The highest BCUT2D eigenvalue weighted by molar-refractivity contribution is 7.20. The van der Waals surface area contributed by atoms with E-state index < -0.39 is 0 Å². The van der Waals surface area contributed by atoms with Crippen molar-refractivity contribution in [3.63, 3.8) is 0 Å². The number of ether oxygens (including phenoxy) is 2. The lowest BCUT2D eigenvalue weighted by atomic mass is 9.99. The van der Waals surface area contributed by atoms with Gasteiger partial charge in [0.15, 0.2) is 11.5 Å². The van der Waals surface area contributed by atoms with Crippen LogP contribution in [0.3, 0.4) is 0 Å². The van der Waals surface area contributed by atoms with E-state index in [4.69, 9.17) is 14.5 Å². The van der Waals surface area contributed by atoms with Gasteiger partial charge in [-0.2, -0.15) is 0 Å². The molecule has 3 aromatic rings. The standard InChI is InChI=1S/C23H28N4O3S/c1-13-8-10-27(11-9-13)21-19-14(2)20(31-23(19)25-15(3)24-21)22(28)26-16-6-7-17(29-4)18(12-16)30-5/h6-7,12-13H,8-11H2,1-5H3,(H,26,28). The third-order valence-corrected chi connectivity index (χ3v) is 7.00. The lowest BCUT2D eigenvalue weighted by Gasteiger charge is -2.31. The minimum atomic E-state index is -0.163. The summed E-state index contributed by atoms with van der Waals surface area (Å²) >= 11 is 1.42. The van der Waals surface area contributed by atoms with Gasteiger partial charge >= 0.3 is 0 Å². The van der Waals surface area contributed by atoms with Gasteiger partial charge < -0.3 is 19.7 Å². The van der Waals surface area contributed by atoms with Crippen molar-refractivity contribution in [3.05, 3.63) is 34.5 Å². The molecule has 1 fully saturated rings. The summed E-state index contributed by atoms with van der Waals surface area (Å²) in [5, 5.41) is 3.97. The normalized spacial score (nSPS) is 14.7. The molecule has 164 valence electrons. The molecule has 1 aliphatic rings. The first-order valence-corrected chi connectivity index (χ1v) is 11.3. The molecule has 1 saturated heterocycles. The second kappa shape index (κ2) is 8.70. The van der Waals surface area contributed by atoms with Crippen LogP contribution >= 0.6 is 11.3 Å². The third-order valence-electron chi connectivity index (χ3n) is 5.81. The minimum Gasteiger partial charge on any atom is -0.493 e. The zero-order valence-corrected chi connectivity index (χ0v) is 19.4. The van der Waals surface area contributed by atoms with E-state index in [1.807, 2.05) is 13.8 Å². The molecule has 3 heterocycles. The van der Waals surface area contributed by atoms with Crippen molar-refractivity contribution in [1.82, 2.24) is 9.97 Å². The number of amides is 1. The third kappa shape index (κ3) is 4.17. The number of anilines is 2. The number of benzene rings is 1. The van der Waals surface area contributed by atoms with E-state index in [0.29, 0.717) is 22.1 Å². The summed E-state index contributed by atoms with van der Waals surface area (Å²) in [5.41, 5.74) is 1.57. The maximum atomic E-state index is 13.1. The van der Waals surface area contributed by atoms with Crippen molar-refractivity contribution in [2.24, 2.45) is 5.92 Å². The van der Waals surface area contributed by atoms with Crippen molar-refractivity contribution in [3.8, 4) is 11.5 Å². The lowest BCUT2D eigenvalue weighted by molar-refractivity contribution is 0.103. The molecule has 0 spiro atoms. The number of fused-ring (bicyclic) bond motifs is 1. The summed E-state index contributed by atoms with van der Waals surface area (Å²) < 4.78 is 10.6. The van der Waals surface area contributed by atoms with Crippen LogP contribution in [0, 0.1) is 19.8 Å². The molecule has 1 aromatic carbocycles. The van der Waals surface area contributed by atoms with Gasteiger partial charge in [0.05, 0.1) is 24.5 Å². The Hall–Kier alpha value is -2.87. The first-order valence-electron chi connectivity index (χ1n) is 10.5. The van der Waals surface area contributed by atoms with Gasteiger partial charge in [0, 0.05) is 24.8 Å². The van der Waals surface area contributed by atoms with Gasteiger partial charge in [-0.15, -0.1) is 11.3 Å². The van der Waals surface area contributed by atoms with Crippen molar-refractivity contribution >= 4 is 39.0 Å². The van der Waals surface area contributed by atoms with Crippen molar-refractivity contribution in [1.29, 1.82) is 0 Å². The Morgan fingerprint density at radius 1 is 1.13 bits per heavy atom. The number of thiophene rings is 1. The molecule has 4 rings (SSSR count). The zero-order valence-electron chi connectivity index (χ0n) is 18.6. The SMILES string of the molecule is COc1ccc(NC(=O)c2sc3nc(C)nc(N4CCC(C)CC4)c3c2C)cc1OC. The number of piperidine rings is 1. The second-order valence-electron chi connectivity index (χ2n) is 8.02. The zero-order chi connectivity index (χ0) is 22.1. The van der Waals surface area contributed by atoms with Crippen molar-refractivity contribution in [2.45, 2.75) is 33.6 Å². The van der Waals surface area contributed by atoms with Crippen LogP contribution in [-0.2, 0) is 0 Å². The Bertz CT molecular complexity index is 1120. The van der Waals surface area contributed by atoms with Gasteiger partial charge in [-0.1, -0.05) is 6.92 Å². The number of hydrogen-bond acceptors (Lipinski definition) is 7. The van der Waals surface area contributed by atoms with Crippen LogP contribution in [0.5, 0.6) is 11.5 Å². The van der Waals surface area contributed by atoms with Gasteiger partial charge in [0.1, 0.15) is 16.5 Å². The molecule has 8 heteroatoms. The number of carbonyl (C=O) groups is 1. The Kier molecular flexibility index (Phi) is 6.00.